The molecule has 3 N–H and O–H groups in total. The number of anilines is 3. The van der Waals surface area contributed by atoms with Crippen LogP contribution in [0.3, 0.4) is 0 Å². The summed E-state index contributed by atoms with van der Waals surface area (Å²) >= 11 is 0. The van der Waals surface area contributed by atoms with Crippen LogP contribution in [0.2, 0.25) is 0 Å². The molecule has 94 valence electrons. The molecule has 0 aliphatic carbocycles. The summed E-state index contributed by atoms with van der Waals surface area (Å²) in [4.78, 5) is 12.7. The second-order valence-electron chi connectivity index (χ2n) is 4.30. The standard InChI is InChI=1S/C14H13N5/c1-9-8-17-14(19-13(9)15)18-11-4-5-12-10(7-11)3-2-6-16-12/h2-8H,1H3,(H3,15,17,18,19). The summed E-state index contributed by atoms with van der Waals surface area (Å²) in [5.74, 6) is 0.978. The monoisotopic (exact) mass is 251 g/mol. The predicted molar refractivity (Wildman–Crippen MR) is 76.2 cm³/mol. The van der Waals surface area contributed by atoms with Crippen LogP contribution in [0.25, 0.3) is 10.9 Å². The molecule has 2 heterocycles. The highest BCUT2D eigenvalue weighted by molar-refractivity contribution is 5.82. The van der Waals surface area contributed by atoms with E-state index in [0.29, 0.717) is 11.8 Å². The summed E-state index contributed by atoms with van der Waals surface area (Å²) in [6.45, 7) is 1.88. The lowest BCUT2D eigenvalue weighted by Crippen LogP contribution is -2.01. The Morgan fingerprint density at radius 1 is 1.16 bits per heavy atom. The van der Waals surface area contributed by atoms with Gasteiger partial charge in [-0.05, 0) is 31.2 Å². The van der Waals surface area contributed by atoms with Crippen molar-refractivity contribution < 1.29 is 0 Å². The molecule has 1 aromatic carbocycles. The van der Waals surface area contributed by atoms with Crippen molar-refractivity contribution in [2.24, 2.45) is 0 Å². The summed E-state index contributed by atoms with van der Waals surface area (Å²) in [5.41, 5.74) is 8.49. The van der Waals surface area contributed by atoms with Gasteiger partial charge in [0.25, 0.3) is 0 Å². The van der Waals surface area contributed by atoms with Gasteiger partial charge in [0.05, 0.1) is 5.52 Å². The van der Waals surface area contributed by atoms with E-state index in [1.165, 1.54) is 0 Å². The lowest BCUT2D eigenvalue weighted by molar-refractivity contribution is 1.14. The van der Waals surface area contributed by atoms with Gasteiger partial charge in [-0.15, -0.1) is 0 Å². The van der Waals surface area contributed by atoms with Crippen molar-refractivity contribution in [1.29, 1.82) is 0 Å². The highest BCUT2D eigenvalue weighted by Crippen LogP contribution is 2.20. The molecule has 0 amide bonds. The first-order valence-electron chi connectivity index (χ1n) is 5.93. The highest BCUT2D eigenvalue weighted by Gasteiger charge is 2.02. The number of pyridine rings is 1. The van der Waals surface area contributed by atoms with Gasteiger partial charge in [-0.3, -0.25) is 4.98 Å². The van der Waals surface area contributed by atoms with Gasteiger partial charge in [0.15, 0.2) is 0 Å². The molecule has 0 unspecified atom stereocenters. The van der Waals surface area contributed by atoms with Crippen LogP contribution in [0.1, 0.15) is 5.56 Å². The van der Waals surface area contributed by atoms with Gasteiger partial charge in [0.2, 0.25) is 5.95 Å². The van der Waals surface area contributed by atoms with Crippen molar-refractivity contribution >= 4 is 28.4 Å². The van der Waals surface area contributed by atoms with Crippen LogP contribution < -0.4 is 11.1 Å². The number of hydrogen-bond acceptors (Lipinski definition) is 5. The molecule has 5 heteroatoms. The van der Waals surface area contributed by atoms with Crippen molar-refractivity contribution in [3.05, 3.63) is 48.3 Å². The maximum atomic E-state index is 5.76. The second kappa shape index (κ2) is 4.53. The van der Waals surface area contributed by atoms with E-state index < -0.39 is 0 Å². The Labute approximate surface area is 110 Å². The quantitative estimate of drug-likeness (QED) is 0.732. The Bertz CT molecular complexity index is 739. The number of nitrogens with zero attached hydrogens (tertiary/aromatic N) is 3. The maximum Gasteiger partial charge on any atom is 0.229 e. The summed E-state index contributed by atoms with van der Waals surface area (Å²) in [6, 6.07) is 9.82. The zero-order valence-electron chi connectivity index (χ0n) is 10.5. The van der Waals surface area contributed by atoms with Crippen LogP contribution in [-0.2, 0) is 0 Å². The largest absolute Gasteiger partial charge is 0.383 e. The Kier molecular flexibility index (Phi) is 2.72. The fraction of sp³-hybridized carbons (Fsp3) is 0.0714. The van der Waals surface area contributed by atoms with Crippen LogP contribution in [-0.4, -0.2) is 15.0 Å². The minimum absolute atomic E-state index is 0.486. The minimum atomic E-state index is 0.486. The van der Waals surface area contributed by atoms with Gasteiger partial charge in [-0.2, -0.15) is 4.98 Å². The molecule has 0 atom stereocenters. The Balaban J connectivity index is 1.94. The average molecular weight is 251 g/mol. The van der Waals surface area contributed by atoms with Crippen molar-refractivity contribution in [3.63, 3.8) is 0 Å². The van der Waals surface area contributed by atoms with Crippen LogP contribution in [0.4, 0.5) is 17.5 Å². The van der Waals surface area contributed by atoms with Gasteiger partial charge < -0.3 is 11.1 Å². The first-order valence-corrected chi connectivity index (χ1v) is 5.93. The van der Waals surface area contributed by atoms with Gasteiger partial charge in [-0.1, -0.05) is 6.07 Å². The number of nitrogen functional groups attached to an aromatic ring is 1. The summed E-state index contributed by atoms with van der Waals surface area (Å²) in [6.07, 6.45) is 3.48. The van der Waals surface area contributed by atoms with Crippen molar-refractivity contribution in [1.82, 2.24) is 15.0 Å². The highest BCUT2D eigenvalue weighted by atomic mass is 15.1. The van der Waals surface area contributed by atoms with Crippen LogP contribution >= 0.6 is 0 Å². The van der Waals surface area contributed by atoms with Gasteiger partial charge >= 0.3 is 0 Å². The molecule has 0 spiro atoms. The number of nitrogens with two attached hydrogens (primary N) is 1. The molecular formula is C14H13N5. The first-order chi connectivity index (χ1) is 9.22. The van der Waals surface area contributed by atoms with Crippen LogP contribution in [0.15, 0.2) is 42.7 Å². The fourth-order valence-corrected chi connectivity index (χ4v) is 1.80. The summed E-state index contributed by atoms with van der Waals surface area (Å²) in [5, 5.41) is 4.20. The van der Waals surface area contributed by atoms with E-state index in [-0.39, 0.29) is 0 Å². The van der Waals surface area contributed by atoms with Gasteiger partial charge in [0.1, 0.15) is 5.82 Å². The van der Waals surface area contributed by atoms with Gasteiger partial charge in [0, 0.05) is 29.0 Å². The number of aryl methyl sites for hydroxylation is 1. The summed E-state index contributed by atoms with van der Waals surface area (Å²) in [7, 11) is 0. The predicted octanol–water partition coefficient (Wildman–Crippen LogP) is 2.66. The second-order valence-corrected chi connectivity index (χ2v) is 4.30. The van der Waals surface area contributed by atoms with Crippen molar-refractivity contribution in [2.75, 3.05) is 11.1 Å². The molecule has 0 radical (unpaired) electrons. The average Bonchev–Trinajstić information content (AvgIpc) is 2.43. The van der Waals surface area contributed by atoms with Crippen molar-refractivity contribution in [3.8, 4) is 0 Å². The minimum Gasteiger partial charge on any atom is -0.383 e. The molecule has 0 aliphatic rings. The Morgan fingerprint density at radius 2 is 2.05 bits per heavy atom. The molecule has 3 rings (SSSR count). The number of hydrogen-bond donors (Lipinski definition) is 2. The molecule has 3 aromatic rings. The fourth-order valence-electron chi connectivity index (χ4n) is 1.80. The van der Waals surface area contributed by atoms with Crippen molar-refractivity contribution in [2.45, 2.75) is 6.92 Å². The third kappa shape index (κ3) is 2.30. The first kappa shape index (κ1) is 11.4. The molecule has 0 fully saturated rings. The number of nitrogens with one attached hydrogen (secondary N) is 1. The third-order valence-electron chi connectivity index (χ3n) is 2.87. The molecule has 0 saturated carbocycles. The Hall–Kier alpha value is -2.69. The topological polar surface area (TPSA) is 76.7 Å². The molecule has 2 aromatic heterocycles. The van der Waals surface area contributed by atoms with E-state index in [4.69, 9.17) is 5.73 Å². The number of fused-ring (bicyclic) bond motifs is 1. The SMILES string of the molecule is Cc1cnc(Nc2ccc3ncccc3c2)nc1N. The van der Waals surface area contributed by atoms with Crippen LogP contribution in [0, 0.1) is 6.92 Å². The van der Waals surface area contributed by atoms with E-state index in [0.717, 1.165) is 22.2 Å². The van der Waals surface area contributed by atoms with E-state index in [9.17, 15) is 0 Å². The molecule has 19 heavy (non-hydrogen) atoms. The number of aromatic nitrogens is 3. The zero-order valence-corrected chi connectivity index (χ0v) is 10.5. The zero-order chi connectivity index (χ0) is 13.2. The van der Waals surface area contributed by atoms with Crippen LogP contribution in [0.5, 0.6) is 0 Å². The molecule has 0 saturated heterocycles. The number of benzene rings is 1. The van der Waals surface area contributed by atoms with E-state index in [1.807, 2.05) is 37.3 Å². The smallest absolute Gasteiger partial charge is 0.229 e. The van der Waals surface area contributed by atoms with E-state index in [2.05, 4.69) is 20.3 Å². The van der Waals surface area contributed by atoms with Gasteiger partial charge in [-0.25, -0.2) is 4.98 Å². The lowest BCUT2D eigenvalue weighted by atomic mass is 10.2. The van der Waals surface area contributed by atoms with E-state index >= 15 is 0 Å². The number of rotatable bonds is 2. The maximum absolute atomic E-state index is 5.76. The normalized spacial score (nSPS) is 10.6. The summed E-state index contributed by atoms with van der Waals surface area (Å²) < 4.78 is 0. The molecular weight excluding hydrogens is 238 g/mol. The van der Waals surface area contributed by atoms with E-state index in [1.54, 1.807) is 12.4 Å². The molecule has 5 nitrogen and oxygen atoms in total. The Morgan fingerprint density at radius 3 is 2.89 bits per heavy atom. The molecule has 0 aliphatic heterocycles. The third-order valence-corrected chi connectivity index (χ3v) is 2.87. The molecule has 0 bridgehead atoms. The lowest BCUT2D eigenvalue weighted by Gasteiger charge is -2.07.